The molecule has 0 spiro atoms. The summed E-state index contributed by atoms with van der Waals surface area (Å²) in [7, 11) is -1.32. The van der Waals surface area contributed by atoms with E-state index >= 15 is 0 Å². The van der Waals surface area contributed by atoms with E-state index in [1.54, 1.807) is 18.2 Å². The van der Waals surface area contributed by atoms with Gasteiger partial charge in [0.1, 0.15) is 0 Å². The molecule has 3 heterocycles. The summed E-state index contributed by atoms with van der Waals surface area (Å²) in [4.78, 5) is 20.3. The van der Waals surface area contributed by atoms with Gasteiger partial charge in [0.05, 0.1) is 22.8 Å². The molecule has 1 saturated heterocycles. The number of likely N-dealkylation sites (N-methyl/N-ethyl adjacent to an activating group) is 1. The summed E-state index contributed by atoms with van der Waals surface area (Å²) in [5, 5.41) is 4.01. The molecule has 0 aromatic heterocycles. The van der Waals surface area contributed by atoms with E-state index in [0.717, 1.165) is 42.4 Å². The van der Waals surface area contributed by atoms with Crippen molar-refractivity contribution in [2.24, 2.45) is 4.40 Å². The highest BCUT2D eigenvalue weighted by molar-refractivity contribution is 8.15. The maximum Gasteiger partial charge on any atom is 0.257 e. The molecule has 0 atom stereocenters. The van der Waals surface area contributed by atoms with E-state index in [-0.39, 0.29) is 11.7 Å². The van der Waals surface area contributed by atoms with Gasteiger partial charge >= 0.3 is 0 Å². The molecular formula is C21H22ClN5O3S2. The van der Waals surface area contributed by atoms with Crippen molar-refractivity contribution in [3.63, 3.8) is 0 Å². The Balaban J connectivity index is 1.39. The summed E-state index contributed by atoms with van der Waals surface area (Å²) < 4.78 is 27.5. The fraction of sp³-hybridized carbons (Fsp3) is 0.333. The van der Waals surface area contributed by atoms with Crippen molar-refractivity contribution in [3.05, 3.63) is 47.0 Å². The van der Waals surface area contributed by atoms with Gasteiger partial charge < -0.3 is 20.0 Å². The highest BCUT2D eigenvalue weighted by Gasteiger charge is 2.33. The Hall–Kier alpha value is -2.27. The van der Waals surface area contributed by atoms with Crippen molar-refractivity contribution in [3.8, 4) is 0 Å². The maximum atomic E-state index is 13.1. The first-order valence-corrected chi connectivity index (χ1v) is 13.1. The van der Waals surface area contributed by atoms with E-state index in [0.29, 0.717) is 28.0 Å². The van der Waals surface area contributed by atoms with Crippen molar-refractivity contribution in [1.82, 2.24) is 4.90 Å². The largest absolute Gasteiger partial charge is 0.367 e. The Morgan fingerprint density at radius 1 is 1.06 bits per heavy atom. The number of anilines is 3. The first-order valence-electron chi connectivity index (χ1n) is 10.3. The van der Waals surface area contributed by atoms with Crippen LogP contribution in [-0.4, -0.2) is 69.9 Å². The number of halogens is 1. The fourth-order valence-corrected chi connectivity index (χ4v) is 6.47. The van der Waals surface area contributed by atoms with E-state index in [1.807, 2.05) is 23.1 Å². The lowest BCUT2D eigenvalue weighted by Gasteiger charge is -2.35. The number of benzene rings is 2. The van der Waals surface area contributed by atoms with Crippen LogP contribution in [0.25, 0.3) is 0 Å². The number of hydrogen-bond donors (Lipinski definition) is 1. The summed E-state index contributed by atoms with van der Waals surface area (Å²) in [5.41, 5.74) is 2.99. The summed E-state index contributed by atoms with van der Waals surface area (Å²) in [6.07, 6.45) is 0. The van der Waals surface area contributed by atoms with Crippen LogP contribution in [-0.2, 0) is 10.0 Å². The second kappa shape index (κ2) is 8.26. The summed E-state index contributed by atoms with van der Waals surface area (Å²) in [6.45, 7) is 4.01. The molecule has 0 bridgehead atoms. The molecule has 11 heteroatoms. The van der Waals surface area contributed by atoms with Crippen LogP contribution in [0.5, 0.6) is 0 Å². The molecule has 2 aromatic rings. The van der Waals surface area contributed by atoms with E-state index in [1.165, 1.54) is 11.8 Å². The molecule has 3 aliphatic rings. The van der Waals surface area contributed by atoms with Crippen LogP contribution in [0.3, 0.4) is 0 Å². The third kappa shape index (κ3) is 4.19. The minimum Gasteiger partial charge on any atom is -0.367 e. The number of amides is 1. The lowest BCUT2D eigenvalue weighted by molar-refractivity contribution is 0.102. The first-order chi connectivity index (χ1) is 15.3. The van der Waals surface area contributed by atoms with Gasteiger partial charge in [-0.15, -0.1) is 4.40 Å². The Bertz CT molecular complexity index is 1230. The van der Waals surface area contributed by atoms with Gasteiger partial charge in [0.15, 0.2) is 5.17 Å². The van der Waals surface area contributed by atoms with Gasteiger partial charge in [-0.3, -0.25) is 4.79 Å². The smallest absolute Gasteiger partial charge is 0.257 e. The molecule has 0 unspecified atom stereocenters. The Kier molecular flexibility index (Phi) is 5.56. The number of carbonyl (C=O) groups excluding carboxylic acids is 1. The van der Waals surface area contributed by atoms with Crippen molar-refractivity contribution in [2.75, 3.05) is 60.6 Å². The first kappa shape index (κ1) is 21.6. The molecule has 1 N–H and O–H groups in total. The van der Waals surface area contributed by atoms with Gasteiger partial charge in [0, 0.05) is 48.2 Å². The number of amidine groups is 1. The van der Waals surface area contributed by atoms with E-state index < -0.39 is 10.0 Å². The minimum atomic E-state index is -3.42. The van der Waals surface area contributed by atoms with Crippen molar-refractivity contribution < 1.29 is 13.2 Å². The zero-order valence-electron chi connectivity index (χ0n) is 17.4. The predicted molar refractivity (Wildman–Crippen MR) is 130 cm³/mol. The van der Waals surface area contributed by atoms with Gasteiger partial charge in [-0.2, -0.15) is 0 Å². The third-order valence-corrected chi connectivity index (χ3v) is 8.33. The molecule has 0 aliphatic carbocycles. The molecule has 0 radical (unpaired) electrons. The van der Waals surface area contributed by atoms with E-state index in [4.69, 9.17) is 11.6 Å². The zero-order valence-corrected chi connectivity index (χ0v) is 19.8. The number of hydrogen-bond acceptors (Lipinski definition) is 7. The summed E-state index contributed by atoms with van der Waals surface area (Å²) >= 11 is 7.50. The number of fused-ring (bicyclic) bond motifs is 3. The number of piperazine rings is 1. The second-order valence-electron chi connectivity index (χ2n) is 8.00. The Morgan fingerprint density at radius 3 is 2.59 bits per heavy atom. The second-order valence-corrected chi connectivity index (χ2v) is 11.2. The van der Waals surface area contributed by atoms with Crippen LogP contribution < -0.4 is 15.1 Å². The SMILES string of the molecule is CN1CCN(c2ccc(Cl)cc2NC(=O)c2ccc3c(c2)SC2=NS(=O)(=O)CCN23)CC1. The molecule has 2 aromatic carbocycles. The van der Waals surface area contributed by atoms with Crippen LogP contribution in [0.4, 0.5) is 17.1 Å². The average molecular weight is 492 g/mol. The summed E-state index contributed by atoms with van der Waals surface area (Å²) in [5.74, 6) is -0.256. The number of nitrogens with one attached hydrogen (secondary N) is 1. The number of sulfonamides is 1. The lowest BCUT2D eigenvalue weighted by atomic mass is 10.1. The predicted octanol–water partition coefficient (Wildman–Crippen LogP) is 2.96. The van der Waals surface area contributed by atoms with Crippen LogP contribution in [0.1, 0.15) is 10.4 Å². The van der Waals surface area contributed by atoms with Crippen molar-refractivity contribution in [2.45, 2.75) is 4.90 Å². The molecular weight excluding hydrogens is 470 g/mol. The fourth-order valence-electron chi connectivity index (χ4n) is 4.00. The molecule has 1 amide bonds. The Labute approximate surface area is 196 Å². The van der Waals surface area contributed by atoms with Gasteiger partial charge in [0.25, 0.3) is 15.9 Å². The van der Waals surface area contributed by atoms with Crippen LogP contribution in [0, 0.1) is 0 Å². The normalized spacial score (nSPS) is 19.9. The minimum absolute atomic E-state index is 0.0113. The highest BCUT2D eigenvalue weighted by atomic mass is 35.5. The maximum absolute atomic E-state index is 13.1. The number of rotatable bonds is 3. The summed E-state index contributed by atoms with van der Waals surface area (Å²) in [6, 6.07) is 10.9. The van der Waals surface area contributed by atoms with E-state index in [9.17, 15) is 13.2 Å². The zero-order chi connectivity index (χ0) is 22.5. The van der Waals surface area contributed by atoms with Crippen LogP contribution in [0.15, 0.2) is 45.7 Å². The Morgan fingerprint density at radius 2 is 1.81 bits per heavy atom. The van der Waals surface area contributed by atoms with Gasteiger partial charge in [-0.05, 0) is 55.2 Å². The topological polar surface area (TPSA) is 85.3 Å². The molecule has 0 saturated carbocycles. The van der Waals surface area contributed by atoms with Crippen molar-refractivity contribution in [1.29, 1.82) is 0 Å². The van der Waals surface area contributed by atoms with Gasteiger partial charge in [-0.25, -0.2) is 8.42 Å². The molecule has 32 heavy (non-hydrogen) atoms. The molecule has 1 fully saturated rings. The third-order valence-electron chi connectivity index (χ3n) is 5.79. The molecule has 3 aliphatic heterocycles. The molecule has 5 rings (SSSR count). The van der Waals surface area contributed by atoms with Crippen LogP contribution in [0.2, 0.25) is 5.02 Å². The average Bonchev–Trinajstić information content (AvgIpc) is 3.10. The number of nitrogens with zero attached hydrogens (tertiary/aromatic N) is 4. The monoisotopic (exact) mass is 491 g/mol. The van der Waals surface area contributed by atoms with Crippen molar-refractivity contribution >= 4 is 61.5 Å². The molecule has 168 valence electrons. The van der Waals surface area contributed by atoms with Gasteiger partial charge in [0.2, 0.25) is 0 Å². The van der Waals surface area contributed by atoms with Crippen LogP contribution >= 0.6 is 23.4 Å². The lowest BCUT2D eigenvalue weighted by Crippen LogP contribution is -2.44. The van der Waals surface area contributed by atoms with Gasteiger partial charge in [-0.1, -0.05) is 11.6 Å². The quantitative estimate of drug-likeness (QED) is 0.706. The highest BCUT2D eigenvalue weighted by Crippen LogP contribution is 2.42. The standard InChI is InChI=1S/C21H22ClN5O3S2/c1-25-6-8-26(9-7-25)17-5-3-15(22)13-16(17)23-20(28)14-2-4-18-19(12-14)31-21-24-32(29,30)11-10-27(18)21/h2-5,12-13H,6-11H2,1H3,(H,23,28). The molecule has 8 nitrogen and oxygen atoms in total. The number of carbonyl (C=O) groups is 1. The van der Waals surface area contributed by atoms with E-state index in [2.05, 4.69) is 26.6 Å². The number of thioether (sulfide) groups is 1.